The van der Waals surface area contributed by atoms with Crippen LogP contribution in [0.3, 0.4) is 0 Å². The molecule has 0 atom stereocenters. The fraction of sp³-hybridized carbons (Fsp3) is 0.167. The molecule has 0 saturated heterocycles. The maximum absolute atomic E-state index is 11.7. The van der Waals surface area contributed by atoms with Gasteiger partial charge in [0, 0.05) is 22.3 Å². The van der Waals surface area contributed by atoms with Gasteiger partial charge in [0.2, 0.25) is 5.88 Å². The van der Waals surface area contributed by atoms with Gasteiger partial charge in [0.25, 0.3) is 5.56 Å². The van der Waals surface area contributed by atoms with Gasteiger partial charge in [-0.3, -0.25) is 4.79 Å². The largest absolute Gasteiger partial charge is 0.480 e. The van der Waals surface area contributed by atoms with E-state index in [2.05, 4.69) is 21.0 Å². The number of methoxy groups -OCH3 is 1. The van der Waals surface area contributed by atoms with Crippen LogP contribution in [-0.2, 0) is 6.54 Å². The molecule has 0 aliphatic heterocycles. The molecule has 0 unspecified atom stereocenters. The summed E-state index contributed by atoms with van der Waals surface area (Å²) in [5, 5.41) is 4.08. The average molecular weight is 310 g/mol. The van der Waals surface area contributed by atoms with Crippen molar-refractivity contribution in [3.8, 4) is 5.88 Å². The summed E-state index contributed by atoms with van der Waals surface area (Å²) in [5.41, 5.74) is 7.11. The number of anilines is 1. The van der Waals surface area contributed by atoms with E-state index < -0.39 is 0 Å². The predicted molar refractivity (Wildman–Crippen MR) is 72.7 cm³/mol. The molecule has 1 aromatic heterocycles. The Morgan fingerprint density at radius 3 is 2.89 bits per heavy atom. The molecule has 0 bridgehead atoms. The quantitative estimate of drug-likeness (QED) is 0.875. The molecule has 0 spiro atoms. The first-order chi connectivity index (χ1) is 8.61. The average Bonchev–Trinajstić information content (AvgIpc) is 2.37. The van der Waals surface area contributed by atoms with Crippen molar-refractivity contribution < 1.29 is 4.74 Å². The first kappa shape index (κ1) is 12.6. The molecule has 0 amide bonds. The lowest BCUT2D eigenvalue weighted by Gasteiger charge is -2.09. The van der Waals surface area contributed by atoms with Crippen LogP contribution in [0.15, 0.2) is 39.6 Å². The number of hydrogen-bond donors (Lipinski definition) is 1. The zero-order valence-corrected chi connectivity index (χ0v) is 11.3. The first-order valence-electron chi connectivity index (χ1n) is 5.27. The number of nitrogens with two attached hydrogens (primary N) is 1. The summed E-state index contributed by atoms with van der Waals surface area (Å²) in [7, 11) is 1.51. The smallest absolute Gasteiger partial charge is 0.267 e. The zero-order valence-electron chi connectivity index (χ0n) is 9.76. The molecular weight excluding hydrogens is 298 g/mol. The third-order valence-electron chi connectivity index (χ3n) is 2.48. The van der Waals surface area contributed by atoms with Crippen molar-refractivity contribution in [2.24, 2.45) is 0 Å². The molecule has 6 heteroatoms. The number of hydrogen-bond acceptors (Lipinski definition) is 4. The number of benzene rings is 1. The van der Waals surface area contributed by atoms with Gasteiger partial charge in [-0.25, -0.2) is 4.68 Å². The molecule has 2 rings (SSSR count). The molecule has 0 aliphatic rings. The van der Waals surface area contributed by atoms with Gasteiger partial charge in [0.1, 0.15) is 0 Å². The third kappa shape index (κ3) is 2.53. The molecule has 0 saturated carbocycles. The minimum absolute atomic E-state index is 0.190. The monoisotopic (exact) mass is 309 g/mol. The van der Waals surface area contributed by atoms with Crippen molar-refractivity contribution in [2.45, 2.75) is 6.54 Å². The molecule has 94 valence electrons. The van der Waals surface area contributed by atoms with Crippen LogP contribution >= 0.6 is 15.9 Å². The maximum Gasteiger partial charge on any atom is 0.267 e. The van der Waals surface area contributed by atoms with Crippen molar-refractivity contribution in [1.82, 2.24) is 9.78 Å². The normalized spacial score (nSPS) is 10.3. The van der Waals surface area contributed by atoms with E-state index in [1.807, 2.05) is 12.1 Å². The molecule has 2 N–H and O–H groups in total. The van der Waals surface area contributed by atoms with E-state index in [0.717, 1.165) is 10.0 Å². The van der Waals surface area contributed by atoms with Crippen LogP contribution in [0.1, 0.15) is 5.56 Å². The van der Waals surface area contributed by atoms with E-state index >= 15 is 0 Å². The van der Waals surface area contributed by atoms with Gasteiger partial charge in [0.05, 0.1) is 13.7 Å². The van der Waals surface area contributed by atoms with Gasteiger partial charge >= 0.3 is 0 Å². The molecule has 1 heterocycles. The summed E-state index contributed by atoms with van der Waals surface area (Å²) in [6.45, 7) is 0.335. The lowest BCUT2D eigenvalue weighted by Crippen LogP contribution is -2.22. The number of nitrogens with zero attached hydrogens (tertiary/aromatic N) is 2. The molecule has 0 fully saturated rings. The summed E-state index contributed by atoms with van der Waals surface area (Å²) >= 11 is 3.40. The van der Waals surface area contributed by atoms with Crippen LogP contribution in [0.5, 0.6) is 5.88 Å². The van der Waals surface area contributed by atoms with Gasteiger partial charge in [0.15, 0.2) is 0 Å². The van der Waals surface area contributed by atoms with E-state index in [0.29, 0.717) is 18.1 Å². The summed E-state index contributed by atoms with van der Waals surface area (Å²) in [4.78, 5) is 11.7. The van der Waals surface area contributed by atoms with E-state index in [4.69, 9.17) is 10.5 Å². The van der Waals surface area contributed by atoms with Crippen LogP contribution in [0.25, 0.3) is 0 Å². The second-order valence-electron chi connectivity index (χ2n) is 3.69. The van der Waals surface area contributed by atoms with Crippen molar-refractivity contribution >= 4 is 21.6 Å². The second kappa shape index (κ2) is 5.22. The minimum atomic E-state index is -0.190. The Labute approximate surface area is 112 Å². The van der Waals surface area contributed by atoms with Crippen LogP contribution in [-0.4, -0.2) is 16.9 Å². The van der Waals surface area contributed by atoms with Crippen molar-refractivity contribution in [3.63, 3.8) is 0 Å². The lowest BCUT2D eigenvalue weighted by atomic mass is 10.2. The van der Waals surface area contributed by atoms with E-state index in [1.54, 1.807) is 6.07 Å². The fourth-order valence-electron chi connectivity index (χ4n) is 1.54. The Balaban J connectivity index is 2.39. The summed E-state index contributed by atoms with van der Waals surface area (Å²) in [6, 6.07) is 8.46. The molecule has 0 radical (unpaired) electrons. The first-order valence-corrected chi connectivity index (χ1v) is 6.06. The van der Waals surface area contributed by atoms with Gasteiger partial charge in [-0.05, 0) is 27.6 Å². The summed E-state index contributed by atoms with van der Waals surface area (Å²) in [5.74, 6) is 0.398. The number of nitrogen functional groups attached to an aromatic ring is 1. The Morgan fingerprint density at radius 2 is 2.17 bits per heavy atom. The zero-order chi connectivity index (χ0) is 13.1. The van der Waals surface area contributed by atoms with Crippen LogP contribution in [0.2, 0.25) is 0 Å². The number of rotatable bonds is 3. The highest BCUT2D eigenvalue weighted by atomic mass is 79.9. The molecule has 2 aromatic rings. The minimum Gasteiger partial charge on any atom is -0.480 e. The molecule has 1 aromatic carbocycles. The molecule has 5 nitrogen and oxygen atoms in total. The standard InChI is InChI=1S/C12H12BrN3O2/c1-18-10-5-6-11(17)16(15-10)7-8-3-2-4-9(14)12(8)13/h2-6H,7,14H2,1H3. The Morgan fingerprint density at radius 1 is 1.39 bits per heavy atom. The summed E-state index contributed by atoms with van der Waals surface area (Å²) < 4.78 is 7.11. The molecule has 0 aliphatic carbocycles. The molecule has 18 heavy (non-hydrogen) atoms. The summed E-state index contributed by atoms with van der Waals surface area (Å²) in [6.07, 6.45) is 0. The topological polar surface area (TPSA) is 70.1 Å². The predicted octanol–water partition coefficient (Wildman–Crippen LogP) is 1.64. The lowest BCUT2D eigenvalue weighted by molar-refractivity contribution is 0.379. The van der Waals surface area contributed by atoms with Gasteiger partial charge in [-0.1, -0.05) is 12.1 Å². The van der Waals surface area contributed by atoms with Crippen LogP contribution in [0, 0.1) is 0 Å². The highest BCUT2D eigenvalue weighted by Crippen LogP contribution is 2.24. The van der Waals surface area contributed by atoms with Crippen molar-refractivity contribution in [3.05, 3.63) is 50.7 Å². The highest BCUT2D eigenvalue weighted by Gasteiger charge is 2.06. The van der Waals surface area contributed by atoms with E-state index in [-0.39, 0.29) is 5.56 Å². The third-order valence-corrected chi connectivity index (χ3v) is 3.45. The number of aromatic nitrogens is 2. The fourth-order valence-corrected chi connectivity index (χ4v) is 1.93. The number of halogens is 1. The number of ether oxygens (including phenoxy) is 1. The van der Waals surface area contributed by atoms with Gasteiger partial charge in [-0.2, -0.15) is 0 Å². The molecular formula is C12H12BrN3O2. The Bertz CT molecular complexity index is 625. The highest BCUT2D eigenvalue weighted by molar-refractivity contribution is 9.10. The van der Waals surface area contributed by atoms with Crippen LogP contribution < -0.4 is 16.0 Å². The van der Waals surface area contributed by atoms with E-state index in [9.17, 15) is 4.79 Å². The second-order valence-corrected chi connectivity index (χ2v) is 4.48. The van der Waals surface area contributed by atoms with E-state index in [1.165, 1.54) is 23.9 Å². The van der Waals surface area contributed by atoms with Crippen LogP contribution in [0.4, 0.5) is 5.69 Å². The Hall–Kier alpha value is -1.82. The van der Waals surface area contributed by atoms with Crippen molar-refractivity contribution in [1.29, 1.82) is 0 Å². The maximum atomic E-state index is 11.7. The SMILES string of the molecule is COc1ccc(=O)n(Cc2cccc(N)c2Br)n1. The van der Waals surface area contributed by atoms with Crippen molar-refractivity contribution in [2.75, 3.05) is 12.8 Å². The van der Waals surface area contributed by atoms with Gasteiger partial charge < -0.3 is 10.5 Å². The Kier molecular flexibility index (Phi) is 3.66. The van der Waals surface area contributed by atoms with Gasteiger partial charge in [-0.15, -0.1) is 5.10 Å².